The number of carbonyl (C=O) groups is 2. The van der Waals surface area contributed by atoms with E-state index in [0.29, 0.717) is 30.5 Å². The standard InChI is InChI=1S/C20H21NO3/c1-2-20(17(22)15-9-5-3-6-10-15)13-14-21(19(20)24)18(23)16-11-7-4-8-12-16/h3-12,17,22H,2,13-14H2,1H3/t17-,20+/m0/s1. The van der Waals surface area contributed by atoms with Crippen LogP contribution in [-0.2, 0) is 4.79 Å². The quantitative estimate of drug-likeness (QED) is 0.879. The molecule has 1 N–H and O–H groups in total. The van der Waals surface area contributed by atoms with Crippen LogP contribution in [0.15, 0.2) is 60.7 Å². The van der Waals surface area contributed by atoms with E-state index in [9.17, 15) is 14.7 Å². The number of amides is 2. The first kappa shape index (κ1) is 16.4. The molecule has 0 bridgehead atoms. The first-order valence-corrected chi connectivity index (χ1v) is 8.24. The zero-order valence-corrected chi connectivity index (χ0v) is 13.7. The van der Waals surface area contributed by atoms with Crippen LogP contribution in [-0.4, -0.2) is 28.4 Å². The number of aliphatic hydroxyl groups excluding tert-OH is 1. The van der Waals surface area contributed by atoms with Gasteiger partial charge < -0.3 is 5.11 Å². The van der Waals surface area contributed by atoms with Crippen LogP contribution in [0.25, 0.3) is 0 Å². The summed E-state index contributed by atoms with van der Waals surface area (Å²) in [6, 6.07) is 18.0. The molecule has 1 aliphatic rings. The van der Waals surface area contributed by atoms with Crippen LogP contribution in [0.2, 0.25) is 0 Å². The lowest BCUT2D eigenvalue weighted by Crippen LogP contribution is -2.41. The Morgan fingerprint density at radius 3 is 2.29 bits per heavy atom. The van der Waals surface area contributed by atoms with Crippen LogP contribution >= 0.6 is 0 Å². The van der Waals surface area contributed by atoms with Crippen molar-refractivity contribution in [2.24, 2.45) is 5.41 Å². The number of aliphatic hydroxyl groups is 1. The van der Waals surface area contributed by atoms with Crippen LogP contribution < -0.4 is 0 Å². The molecule has 0 spiro atoms. The van der Waals surface area contributed by atoms with Crippen molar-refractivity contribution < 1.29 is 14.7 Å². The fourth-order valence-electron chi connectivity index (χ4n) is 3.45. The van der Waals surface area contributed by atoms with Gasteiger partial charge in [0.2, 0.25) is 5.91 Å². The molecule has 0 aliphatic carbocycles. The number of hydrogen-bond acceptors (Lipinski definition) is 3. The Bertz CT molecular complexity index is 729. The lowest BCUT2D eigenvalue weighted by Gasteiger charge is -2.31. The maximum absolute atomic E-state index is 13.0. The van der Waals surface area contributed by atoms with Crippen LogP contribution in [0, 0.1) is 5.41 Å². The molecule has 24 heavy (non-hydrogen) atoms. The summed E-state index contributed by atoms with van der Waals surface area (Å²) in [5.41, 5.74) is 0.264. The lowest BCUT2D eigenvalue weighted by atomic mass is 9.75. The number of rotatable bonds is 4. The highest BCUT2D eigenvalue weighted by atomic mass is 16.3. The second kappa shape index (κ2) is 6.57. The molecule has 2 aromatic rings. The van der Waals surface area contributed by atoms with Gasteiger partial charge in [0.25, 0.3) is 5.91 Å². The van der Waals surface area contributed by atoms with Gasteiger partial charge in [0.1, 0.15) is 0 Å². The Morgan fingerprint density at radius 1 is 1.12 bits per heavy atom. The molecule has 1 heterocycles. The molecule has 1 fully saturated rings. The Labute approximate surface area is 141 Å². The average Bonchev–Trinajstić information content (AvgIpc) is 2.99. The summed E-state index contributed by atoms with van der Waals surface area (Å²) < 4.78 is 0. The molecule has 2 atom stereocenters. The third kappa shape index (κ3) is 2.63. The maximum atomic E-state index is 13.0. The number of nitrogens with zero attached hydrogens (tertiary/aromatic N) is 1. The number of benzene rings is 2. The molecule has 4 heteroatoms. The summed E-state index contributed by atoms with van der Waals surface area (Å²) in [4.78, 5) is 27.0. The highest BCUT2D eigenvalue weighted by Crippen LogP contribution is 2.46. The molecule has 1 saturated heterocycles. The molecule has 2 amide bonds. The van der Waals surface area contributed by atoms with E-state index >= 15 is 0 Å². The number of carbonyl (C=O) groups excluding carboxylic acids is 2. The van der Waals surface area contributed by atoms with Gasteiger partial charge >= 0.3 is 0 Å². The van der Waals surface area contributed by atoms with Gasteiger partial charge in [-0.2, -0.15) is 0 Å². The van der Waals surface area contributed by atoms with Gasteiger partial charge in [0.05, 0.1) is 11.5 Å². The average molecular weight is 323 g/mol. The van der Waals surface area contributed by atoms with Crippen molar-refractivity contribution >= 4 is 11.8 Å². The predicted molar refractivity (Wildman–Crippen MR) is 91.2 cm³/mol. The van der Waals surface area contributed by atoms with Gasteiger partial charge in [-0.25, -0.2) is 0 Å². The van der Waals surface area contributed by atoms with Gasteiger partial charge in [-0.15, -0.1) is 0 Å². The first-order chi connectivity index (χ1) is 11.6. The minimum atomic E-state index is -0.939. The predicted octanol–water partition coefficient (Wildman–Crippen LogP) is 3.19. The third-order valence-electron chi connectivity index (χ3n) is 4.99. The van der Waals surface area contributed by atoms with Crippen LogP contribution in [0.3, 0.4) is 0 Å². The van der Waals surface area contributed by atoms with Crippen molar-refractivity contribution in [3.8, 4) is 0 Å². The smallest absolute Gasteiger partial charge is 0.260 e. The van der Waals surface area contributed by atoms with Crippen LogP contribution in [0.5, 0.6) is 0 Å². The number of likely N-dealkylation sites (tertiary alicyclic amines) is 1. The van der Waals surface area contributed by atoms with E-state index in [0.717, 1.165) is 0 Å². The van der Waals surface area contributed by atoms with E-state index < -0.39 is 11.5 Å². The second-order valence-corrected chi connectivity index (χ2v) is 6.20. The number of imide groups is 1. The third-order valence-corrected chi connectivity index (χ3v) is 4.99. The zero-order chi connectivity index (χ0) is 17.2. The minimum absolute atomic E-state index is 0.282. The van der Waals surface area contributed by atoms with E-state index in [-0.39, 0.29) is 11.8 Å². The molecule has 0 unspecified atom stereocenters. The van der Waals surface area contributed by atoms with E-state index in [4.69, 9.17) is 0 Å². The van der Waals surface area contributed by atoms with Crippen LogP contribution in [0.1, 0.15) is 41.8 Å². The fourth-order valence-corrected chi connectivity index (χ4v) is 3.45. The minimum Gasteiger partial charge on any atom is -0.387 e. The molecule has 0 radical (unpaired) electrons. The summed E-state index contributed by atoms with van der Waals surface area (Å²) in [7, 11) is 0. The van der Waals surface area contributed by atoms with E-state index in [1.165, 1.54) is 4.90 Å². The summed E-state index contributed by atoms with van der Waals surface area (Å²) in [6.07, 6.45) is 0.0435. The normalized spacial score (nSPS) is 21.8. The summed E-state index contributed by atoms with van der Waals surface area (Å²) in [5, 5.41) is 10.9. The van der Waals surface area contributed by atoms with Gasteiger partial charge in [0.15, 0.2) is 0 Å². The molecule has 124 valence electrons. The Kier molecular flexibility index (Phi) is 4.49. The zero-order valence-electron chi connectivity index (χ0n) is 13.7. The van der Waals surface area contributed by atoms with Gasteiger partial charge in [-0.3, -0.25) is 14.5 Å². The Morgan fingerprint density at radius 2 is 1.71 bits per heavy atom. The molecule has 4 nitrogen and oxygen atoms in total. The van der Waals surface area contributed by atoms with E-state index in [1.54, 1.807) is 24.3 Å². The summed E-state index contributed by atoms with van der Waals surface area (Å²) in [5.74, 6) is -0.577. The highest BCUT2D eigenvalue weighted by Gasteiger charge is 2.52. The summed E-state index contributed by atoms with van der Waals surface area (Å²) >= 11 is 0. The van der Waals surface area contributed by atoms with E-state index in [2.05, 4.69) is 0 Å². The molecule has 3 rings (SSSR count). The molecule has 2 aromatic carbocycles. The lowest BCUT2D eigenvalue weighted by molar-refractivity contribution is -0.140. The molecule has 1 aliphatic heterocycles. The summed E-state index contributed by atoms with van der Waals surface area (Å²) in [6.45, 7) is 2.23. The SMILES string of the molecule is CC[C@]1([C@@H](O)c2ccccc2)CCN(C(=O)c2ccccc2)C1=O. The monoisotopic (exact) mass is 323 g/mol. The van der Waals surface area contributed by atoms with Crippen molar-refractivity contribution in [2.75, 3.05) is 6.54 Å². The van der Waals surface area contributed by atoms with Crippen molar-refractivity contribution in [1.82, 2.24) is 4.90 Å². The fraction of sp³-hybridized carbons (Fsp3) is 0.300. The van der Waals surface area contributed by atoms with Gasteiger partial charge in [-0.05, 0) is 30.5 Å². The topological polar surface area (TPSA) is 57.6 Å². The largest absolute Gasteiger partial charge is 0.387 e. The van der Waals surface area contributed by atoms with Crippen LogP contribution in [0.4, 0.5) is 0 Å². The van der Waals surface area contributed by atoms with Crippen molar-refractivity contribution in [3.63, 3.8) is 0 Å². The molecule has 0 aromatic heterocycles. The maximum Gasteiger partial charge on any atom is 0.260 e. The van der Waals surface area contributed by atoms with Crippen molar-refractivity contribution in [1.29, 1.82) is 0 Å². The van der Waals surface area contributed by atoms with Crippen molar-refractivity contribution in [3.05, 3.63) is 71.8 Å². The van der Waals surface area contributed by atoms with E-state index in [1.807, 2.05) is 43.3 Å². The molecule has 0 saturated carbocycles. The highest BCUT2D eigenvalue weighted by molar-refractivity contribution is 6.07. The second-order valence-electron chi connectivity index (χ2n) is 6.20. The van der Waals surface area contributed by atoms with Gasteiger partial charge in [0, 0.05) is 12.1 Å². The number of hydrogen-bond donors (Lipinski definition) is 1. The Hall–Kier alpha value is -2.46. The molecular formula is C20H21NO3. The van der Waals surface area contributed by atoms with Gasteiger partial charge in [-0.1, -0.05) is 55.5 Å². The Balaban J connectivity index is 1.89. The van der Waals surface area contributed by atoms with Crippen molar-refractivity contribution in [2.45, 2.75) is 25.9 Å². The molecular weight excluding hydrogens is 302 g/mol. The first-order valence-electron chi connectivity index (χ1n) is 8.24.